The Morgan fingerprint density at radius 1 is 1.33 bits per heavy atom. The number of carboxylic acids is 1. The van der Waals surface area contributed by atoms with Crippen molar-refractivity contribution >= 4 is 27.6 Å². The Balaban J connectivity index is 2.27. The molecule has 2 rings (SSSR count). The lowest BCUT2D eigenvalue weighted by Crippen LogP contribution is -2.01. The van der Waals surface area contributed by atoms with E-state index in [1.54, 1.807) is 12.3 Å². The molecule has 18 heavy (non-hydrogen) atoms. The number of hydrogen-bond donors (Lipinski definition) is 2. The maximum atomic E-state index is 10.7. The molecule has 0 amide bonds. The van der Waals surface area contributed by atoms with Gasteiger partial charge in [0.1, 0.15) is 5.75 Å². The molecule has 6 nitrogen and oxygen atoms in total. The molecule has 0 aliphatic rings. The number of carbonyl (C=O) groups is 1. The summed E-state index contributed by atoms with van der Waals surface area (Å²) in [5, 5.41) is 8.77. The van der Waals surface area contributed by atoms with Crippen LogP contribution in [0.4, 0.5) is 5.69 Å². The lowest BCUT2D eigenvalue weighted by atomic mass is 10.2. The summed E-state index contributed by atoms with van der Waals surface area (Å²) in [7, 11) is 0. The lowest BCUT2D eigenvalue weighted by molar-refractivity contribution is 0.0696. The Morgan fingerprint density at radius 3 is 2.72 bits per heavy atom. The third-order valence-electron chi connectivity index (χ3n) is 2.02. The van der Waals surface area contributed by atoms with E-state index in [9.17, 15) is 4.79 Å². The number of nitrogens with two attached hydrogens (primary N) is 1. The first-order valence-electron chi connectivity index (χ1n) is 4.83. The van der Waals surface area contributed by atoms with Gasteiger partial charge in [0.2, 0.25) is 5.88 Å². The number of hydrogen-bond acceptors (Lipinski definition) is 5. The van der Waals surface area contributed by atoms with Gasteiger partial charge in [-0.1, -0.05) is 0 Å². The molecule has 2 heterocycles. The Hall–Kier alpha value is -2.15. The number of pyridine rings is 2. The molecule has 0 spiro atoms. The number of aromatic carboxylic acids is 1. The van der Waals surface area contributed by atoms with Gasteiger partial charge in [0.15, 0.2) is 0 Å². The number of aromatic nitrogens is 2. The van der Waals surface area contributed by atoms with E-state index in [-0.39, 0.29) is 17.1 Å². The minimum absolute atomic E-state index is 0.00668. The van der Waals surface area contributed by atoms with E-state index in [2.05, 4.69) is 25.9 Å². The van der Waals surface area contributed by atoms with Crippen LogP contribution < -0.4 is 10.5 Å². The molecular formula is C11H8BrN3O3. The molecule has 3 N–H and O–H groups in total. The van der Waals surface area contributed by atoms with Crippen LogP contribution in [0.15, 0.2) is 35.2 Å². The van der Waals surface area contributed by atoms with Gasteiger partial charge in [-0.3, -0.25) is 4.98 Å². The van der Waals surface area contributed by atoms with Gasteiger partial charge in [0.25, 0.3) is 0 Å². The molecule has 0 saturated carbocycles. The van der Waals surface area contributed by atoms with Crippen LogP contribution in [-0.4, -0.2) is 21.0 Å². The number of ether oxygens (including phenoxy) is 1. The number of anilines is 1. The first-order valence-corrected chi connectivity index (χ1v) is 5.63. The van der Waals surface area contributed by atoms with Crippen molar-refractivity contribution in [1.82, 2.24) is 9.97 Å². The number of rotatable bonds is 3. The molecule has 2 aromatic rings. The highest BCUT2D eigenvalue weighted by atomic mass is 79.9. The molecule has 7 heteroatoms. The molecule has 0 radical (unpaired) electrons. The normalized spacial score (nSPS) is 10.1. The van der Waals surface area contributed by atoms with Crippen molar-refractivity contribution in [3.05, 3.63) is 40.8 Å². The van der Waals surface area contributed by atoms with Gasteiger partial charge < -0.3 is 15.6 Å². The zero-order chi connectivity index (χ0) is 13.1. The number of halogens is 1. The fourth-order valence-corrected chi connectivity index (χ4v) is 1.58. The Bertz CT molecular complexity index is 604. The van der Waals surface area contributed by atoms with Crippen molar-refractivity contribution in [3.8, 4) is 11.6 Å². The summed E-state index contributed by atoms with van der Waals surface area (Å²) in [6.45, 7) is 0. The molecule has 0 bridgehead atoms. The zero-order valence-electron chi connectivity index (χ0n) is 9.00. The highest BCUT2D eigenvalue weighted by molar-refractivity contribution is 9.10. The maximum absolute atomic E-state index is 10.7. The standard InChI is InChI=1S/C11H8BrN3O3/c12-7-2-8(5-14-4-7)18-10-9(13)1-6(3-15-10)11(16)17/h1-5H,13H2,(H,16,17). The van der Waals surface area contributed by atoms with E-state index < -0.39 is 5.97 Å². The van der Waals surface area contributed by atoms with Gasteiger partial charge in [0, 0.05) is 16.9 Å². The minimum Gasteiger partial charge on any atom is -0.478 e. The van der Waals surface area contributed by atoms with E-state index in [0.717, 1.165) is 4.47 Å². The van der Waals surface area contributed by atoms with Gasteiger partial charge in [-0.25, -0.2) is 9.78 Å². The number of nitrogens with zero attached hydrogens (tertiary/aromatic N) is 2. The first kappa shape index (κ1) is 12.3. The topological polar surface area (TPSA) is 98.3 Å². The molecule has 0 unspecified atom stereocenters. The Kier molecular flexibility index (Phi) is 3.42. The second-order valence-electron chi connectivity index (χ2n) is 3.36. The van der Waals surface area contributed by atoms with E-state index in [1.165, 1.54) is 18.5 Å². The molecule has 0 aromatic carbocycles. The van der Waals surface area contributed by atoms with Crippen molar-refractivity contribution in [2.45, 2.75) is 0 Å². The second kappa shape index (κ2) is 5.01. The van der Waals surface area contributed by atoms with Crippen molar-refractivity contribution in [3.63, 3.8) is 0 Å². The van der Waals surface area contributed by atoms with Crippen LogP contribution in [-0.2, 0) is 0 Å². The largest absolute Gasteiger partial charge is 0.478 e. The van der Waals surface area contributed by atoms with Gasteiger partial charge in [0.05, 0.1) is 17.4 Å². The van der Waals surface area contributed by atoms with Crippen LogP contribution in [0.25, 0.3) is 0 Å². The van der Waals surface area contributed by atoms with Gasteiger partial charge >= 0.3 is 5.97 Å². The van der Waals surface area contributed by atoms with Crippen molar-refractivity contribution in [1.29, 1.82) is 0 Å². The lowest BCUT2D eigenvalue weighted by Gasteiger charge is -2.07. The summed E-state index contributed by atoms with van der Waals surface area (Å²) in [5.41, 5.74) is 5.82. The number of carboxylic acid groups (broad SMARTS) is 1. The smallest absolute Gasteiger partial charge is 0.337 e. The van der Waals surface area contributed by atoms with Gasteiger partial charge in [-0.2, -0.15) is 0 Å². The molecular weight excluding hydrogens is 302 g/mol. The third kappa shape index (κ3) is 2.75. The highest BCUT2D eigenvalue weighted by Crippen LogP contribution is 2.26. The summed E-state index contributed by atoms with van der Waals surface area (Å²) in [5.74, 6) is -0.503. The van der Waals surface area contributed by atoms with Crippen LogP contribution in [0.5, 0.6) is 11.6 Å². The molecule has 0 fully saturated rings. The van der Waals surface area contributed by atoms with E-state index in [0.29, 0.717) is 5.75 Å². The van der Waals surface area contributed by atoms with Crippen LogP contribution in [0, 0.1) is 0 Å². The maximum Gasteiger partial charge on any atom is 0.337 e. The van der Waals surface area contributed by atoms with E-state index in [1.807, 2.05) is 0 Å². The SMILES string of the molecule is Nc1cc(C(=O)O)cnc1Oc1cncc(Br)c1. The van der Waals surface area contributed by atoms with Gasteiger partial charge in [-0.05, 0) is 28.1 Å². The van der Waals surface area contributed by atoms with Crippen LogP contribution in [0.2, 0.25) is 0 Å². The summed E-state index contributed by atoms with van der Waals surface area (Å²) in [6, 6.07) is 2.98. The van der Waals surface area contributed by atoms with E-state index >= 15 is 0 Å². The van der Waals surface area contributed by atoms with Crippen LogP contribution >= 0.6 is 15.9 Å². The first-order chi connectivity index (χ1) is 8.56. The molecule has 0 atom stereocenters. The fourth-order valence-electron chi connectivity index (χ4n) is 1.23. The second-order valence-corrected chi connectivity index (χ2v) is 4.28. The quantitative estimate of drug-likeness (QED) is 0.902. The molecule has 0 aliphatic heterocycles. The molecule has 2 aromatic heterocycles. The van der Waals surface area contributed by atoms with Crippen LogP contribution in [0.3, 0.4) is 0 Å². The van der Waals surface area contributed by atoms with Crippen molar-refractivity contribution in [2.75, 3.05) is 5.73 Å². The summed E-state index contributed by atoms with van der Waals surface area (Å²) < 4.78 is 6.15. The predicted octanol–water partition coefficient (Wildman–Crippen LogP) is 2.31. The molecule has 92 valence electrons. The summed E-state index contributed by atoms with van der Waals surface area (Å²) >= 11 is 3.25. The van der Waals surface area contributed by atoms with Crippen molar-refractivity contribution < 1.29 is 14.6 Å². The summed E-state index contributed by atoms with van der Waals surface area (Å²) in [6.07, 6.45) is 4.29. The third-order valence-corrected chi connectivity index (χ3v) is 2.45. The van der Waals surface area contributed by atoms with Crippen LogP contribution in [0.1, 0.15) is 10.4 Å². The molecule has 0 aliphatic carbocycles. The van der Waals surface area contributed by atoms with Crippen molar-refractivity contribution in [2.24, 2.45) is 0 Å². The van der Waals surface area contributed by atoms with E-state index in [4.69, 9.17) is 15.6 Å². The monoisotopic (exact) mass is 309 g/mol. The predicted molar refractivity (Wildman–Crippen MR) is 67.6 cm³/mol. The average Bonchev–Trinajstić information content (AvgIpc) is 2.31. The Labute approximate surface area is 111 Å². The van der Waals surface area contributed by atoms with Gasteiger partial charge in [-0.15, -0.1) is 0 Å². The number of nitrogen functional groups attached to an aromatic ring is 1. The average molecular weight is 310 g/mol. The summed E-state index contributed by atoms with van der Waals surface area (Å²) in [4.78, 5) is 18.5. The Morgan fingerprint density at radius 2 is 2.11 bits per heavy atom. The minimum atomic E-state index is -1.09. The fraction of sp³-hybridized carbons (Fsp3) is 0. The highest BCUT2D eigenvalue weighted by Gasteiger charge is 2.09. The zero-order valence-corrected chi connectivity index (χ0v) is 10.6. The molecule has 0 saturated heterocycles.